The van der Waals surface area contributed by atoms with Gasteiger partial charge in [0, 0.05) is 19.1 Å². The van der Waals surface area contributed by atoms with E-state index in [4.69, 9.17) is 0 Å². The minimum Gasteiger partial charge on any atom is -0.314 e. The first kappa shape index (κ1) is 12.9. The molecule has 0 aromatic rings. The maximum Gasteiger partial charge on any atom is 0.0109 e. The molecule has 3 aliphatic rings. The van der Waals surface area contributed by atoms with E-state index >= 15 is 0 Å². The zero-order valence-electron chi connectivity index (χ0n) is 11.7. The lowest BCUT2D eigenvalue weighted by atomic mass is 10.0. The minimum atomic E-state index is 0.814. The van der Waals surface area contributed by atoms with Gasteiger partial charge >= 0.3 is 0 Å². The van der Waals surface area contributed by atoms with Crippen LogP contribution >= 0.6 is 0 Å². The summed E-state index contributed by atoms with van der Waals surface area (Å²) in [7, 11) is 0. The Morgan fingerprint density at radius 1 is 0.778 bits per heavy atom. The molecule has 3 nitrogen and oxygen atoms in total. The van der Waals surface area contributed by atoms with Gasteiger partial charge < -0.3 is 15.1 Å². The van der Waals surface area contributed by atoms with E-state index in [1.807, 2.05) is 0 Å². The molecule has 0 spiro atoms. The molecule has 2 saturated heterocycles. The van der Waals surface area contributed by atoms with Gasteiger partial charge in [0.05, 0.1) is 0 Å². The van der Waals surface area contributed by atoms with Gasteiger partial charge in [-0.25, -0.2) is 0 Å². The van der Waals surface area contributed by atoms with Crippen molar-refractivity contribution in [2.75, 3.05) is 45.8 Å². The number of piperidine rings is 1. The van der Waals surface area contributed by atoms with Gasteiger partial charge in [-0.15, -0.1) is 0 Å². The van der Waals surface area contributed by atoms with Crippen LogP contribution in [-0.2, 0) is 0 Å². The van der Waals surface area contributed by atoms with E-state index in [0.717, 1.165) is 12.0 Å². The van der Waals surface area contributed by atoms with Gasteiger partial charge in [0.2, 0.25) is 0 Å². The summed E-state index contributed by atoms with van der Waals surface area (Å²) in [6, 6.07) is 0.814. The summed E-state index contributed by atoms with van der Waals surface area (Å²) in [6.07, 6.45) is 8.53. The Balaban J connectivity index is 1.27. The molecule has 2 aliphatic heterocycles. The number of hydrogen-bond acceptors (Lipinski definition) is 3. The molecular weight excluding hydrogens is 222 g/mol. The predicted octanol–water partition coefficient (Wildman–Crippen LogP) is 1.55. The van der Waals surface area contributed by atoms with E-state index < -0.39 is 0 Å². The van der Waals surface area contributed by atoms with E-state index in [0.29, 0.717) is 0 Å². The highest BCUT2D eigenvalue weighted by atomic mass is 15.2. The second kappa shape index (κ2) is 6.36. The lowest BCUT2D eigenvalue weighted by Gasteiger charge is -2.33. The molecule has 0 amide bonds. The Bertz CT molecular complexity index is 238. The molecule has 3 heteroatoms. The van der Waals surface area contributed by atoms with Crippen molar-refractivity contribution in [1.29, 1.82) is 0 Å². The minimum absolute atomic E-state index is 0.814. The van der Waals surface area contributed by atoms with Crippen molar-refractivity contribution in [1.82, 2.24) is 15.1 Å². The molecule has 1 N–H and O–H groups in total. The molecule has 1 saturated carbocycles. The first-order valence-corrected chi connectivity index (χ1v) is 8.08. The first-order chi connectivity index (χ1) is 8.90. The standard InChI is InChI=1S/C15H29N3/c1-2-8-17(7-1)11-12-18-9-5-15(6-10-18)16-13-14-3-4-14/h14-16H,1-13H2. The third-order valence-corrected chi connectivity index (χ3v) is 4.91. The second-order valence-electron chi connectivity index (χ2n) is 6.52. The van der Waals surface area contributed by atoms with E-state index in [9.17, 15) is 0 Å². The lowest BCUT2D eigenvalue weighted by Crippen LogP contribution is -2.45. The highest BCUT2D eigenvalue weighted by molar-refractivity contribution is 4.82. The highest BCUT2D eigenvalue weighted by Crippen LogP contribution is 2.28. The van der Waals surface area contributed by atoms with Crippen LogP contribution in [0.25, 0.3) is 0 Å². The topological polar surface area (TPSA) is 18.5 Å². The van der Waals surface area contributed by atoms with Crippen LogP contribution in [0.1, 0.15) is 38.5 Å². The summed E-state index contributed by atoms with van der Waals surface area (Å²) in [5.41, 5.74) is 0. The van der Waals surface area contributed by atoms with Crippen molar-refractivity contribution in [2.45, 2.75) is 44.6 Å². The molecule has 3 rings (SSSR count). The van der Waals surface area contributed by atoms with Crippen LogP contribution < -0.4 is 5.32 Å². The Hall–Kier alpha value is -0.120. The number of hydrogen-bond donors (Lipinski definition) is 1. The van der Waals surface area contributed by atoms with Gasteiger partial charge in [-0.2, -0.15) is 0 Å². The molecule has 0 aromatic carbocycles. The van der Waals surface area contributed by atoms with Crippen molar-refractivity contribution in [3.63, 3.8) is 0 Å². The van der Waals surface area contributed by atoms with E-state index in [1.165, 1.54) is 84.3 Å². The summed E-state index contributed by atoms with van der Waals surface area (Å²) in [4.78, 5) is 5.31. The largest absolute Gasteiger partial charge is 0.314 e. The fourth-order valence-corrected chi connectivity index (χ4v) is 3.31. The third-order valence-electron chi connectivity index (χ3n) is 4.91. The normalized spacial score (nSPS) is 28.0. The predicted molar refractivity (Wildman–Crippen MR) is 75.9 cm³/mol. The molecule has 0 unspecified atom stereocenters. The number of likely N-dealkylation sites (tertiary alicyclic amines) is 2. The molecule has 2 heterocycles. The number of nitrogens with zero attached hydrogens (tertiary/aromatic N) is 2. The monoisotopic (exact) mass is 251 g/mol. The summed E-state index contributed by atoms with van der Waals surface area (Å²) in [5.74, 6) is 1.03. The average Bonchev–Trinajstić information content (AvgIpc) is 3.09. The zero-order chi connectivity index (χ0) is 12.2. The average molecular weight is 251 g/mol. The van der Waals surface area contributed by atoms with Crippen LogP contribution in [0.3, 0.4) is 0 Å². The van der Waals surface area contributed by atoms with Gasteiger partial charge in [0.25, 0.3) is 0 Å². The van der Waals surface area contributed by atoms with Crippen LogP contribution in [0.5, 0.6) is 0 Å². The molecule has 0 bridgehead atoms. The fraction of sp³-hybridized carbons (Fsp3) is 1.00. The van der Waals surface area contributed by atoms with E-state index in [-0.39, 0.29) is 0 Å². The van der Waals surface area contributed by atoms with Gasteiger partial charge in [0.1, 0.15) is 0 Å². The van der Waals surface area contributed by atoms with Gasteiger partial charge in [-0.05, 0) is 77.2 Å². The van der Waals surface area contributed by atoms with Crippen LogP contribution in [0, 0.1) is 5.92 Å². The molecule has 104 valence electrons. The third kappa shape index (κ3) is 3.94. The Labute approximate surface area is 112 Å². The molecule has 3 fully saturated rings. The zero-order valence-corrected chi connectivity index (χ0v) is 11.7. The second-order valence-corrected chi connectivity index (χ2v) is 6.52. The van der Waals surface area contributed by atoms with Crippen molar-refractivity contribution in [3.05, 3.63) is 0 Å². The van der Waals surface area contributed by atoms with Gasteiger partial charge in [-0.3, -0.25) is 0 Å². The highest BCUT2D eigenvalue weighted by Gasteiger charge is 2.24. The van der Waals surface area contributed by atoms with Crippen molar-refractivity contribution < 1.29 is 0 Å². The summed E-state index contributed by atoms with van der Waals surface area (Å²) < 4.78 is 0. The Morgan fingerprint density at radius 3 is 2.00 bits per heavy atom. The summed E-state index contributed by atoms with van der Waals surface area (Å²) in [6.45, 7) is 9.22. The fourth-order valence-electron chi connectivity index (χ4n) is 3.31. The maximum absolute atomic E-state index is 3.76. The number of rotatable bonds is 6. The van der Waals surface area contributed by atoms with Crippen molar-refractivity contribution in [2.24, 2.45) is 5.92 Å². The Morgan fingerprint density at radius 2 is 1.39 bits per heavy atom. The van der Waals surface area contributed by atoms with Crippen LogP contribution in [-0.4, -0.2) is 61.7 Å². The molecule has 0 atom stereocenters. The first-order valence-electron chi connectivity index (χ1n) is 8.08. The van der Waals surface area contributed by atoms with Gasteiger partial charge in [-0.1, -0.05) is 0 Å². The Kier molecular flexibility index (Phi) is 4.55. The molecule has 0 radical (unpaired) electrons. The number of nitrogens with one attached hydrogen (secondary N) is 1. The van der Waals surface area contributed by atoms with Crippen LogP contribution in [0.4, 0.5) is 0 Å². The SMILES string of the molecule is C1CCN(CCN2CCC(NCC3CC3)CC2)C1. The maximum atomic E-state index is 3.76. The van der Waals surface area contributed by atoms with Crippen molar-refractivity contribution >= 4 is 0 Å². The summed E-state index contributed by atoms with van der Waals surface area (Å²) in [5, 5.41) is 3.76. The molecule has 1 aliphatic carbocycles. The van der Waals surface area contributed by atoms with E-state index in [1.54, 1.807) is 0 Å². The van der Waals surface area contributed by atoms with Gasteiger partial charge in [0.15, 0.2) is 0 Å². The molecular formula is C15H29N3. The smallest absolute Gasteiger partial charge is 0.0109 e. The summed E-state index contributed by atoms with van der Waals surface area (Å²) >= 11 is 0. The van der Waals surface area contributed by atoms with Crippen molar-refractivity contribution in [3.8, 4) is 0 Å². The quantitative estimate of drug-likeness (QED) is 0.773. The lowest BCUT2D eigenvalue weighted by molar-refractivity contribution is 0.174. The molecule has 18 heavy (non-hydrogen) atoms. The van der Waals surface area contributed by atoms with E-state index in [2.05, 4.69) is 15.1 Å². The molecule has 0 aromatic heterocycles. The van der Waals surface area contributed by atoms with Crippen LogP contribution in [0.15, 0.2) is 0 Å². The van der Waals surface area contributed by atoms with Crippen LogP contribution in [0.2, 0.25) is 0 Å².